The summed E-state index contributed by atoms with van der Waals surface area (Å²) in [6.45, 7) is 0. The van der Waals surface area contributed by atoms with Crippen LogP contribution in [0.4, 0.5) is 5.82 Å². The first kappa shape index (κ1) is 19.9. The van der Waals surface area contributed by atoms with E-state index in [0.29, 0.717) is 39.4 Å². The third kappa shape index (κ3) is 2.95. The summed E-state index contributed by atoms with van der Waals surface area (Å²) in [4.78, 5) is 20.5. The number of nitrogen functional groups attached to an aromatic ring is 1. The van der Waals surface area contributed by atoms with Crippen molar-refractivity contribution in [3.05, 3.63) is 52.9 Å². The van der Waals surface area contributed by atoms with Gasteiger partial charge in [0, 0.05) is 22.7 Å². The van der Waals surface area contributed by atoms with Crippen LogP contribution in [-0.2, 0) is 4.74 Å². The minimum Gasteiger partial charge on any atom is -0.453 e. The third-order valence-corrected chi connectivity index (χ3v) is 5.99. The number of fused-ring (bicyclic) bond motifs is 2. The van der Waals surface area contributed by atoms with Gasteiger partial charge in [0.25, 0.3) is 0 Å². The van der Waals surface area contributed by atoms with E-state index in [1.807, 2.05) is 0 Å². The molecule has 8 nitrogen and oxygen atoms in total. The zero-order chi connectivity index (χ0) is 19.6. The molecule has 5 atom stereocenters. The van der Waals surface area contributed by atoms with Crippen LogP contribution in [0.2, 0.25) is 5.02 Å². The molecule has 0 spiro atoms. The second-order valence-corrected chi connectivity index (χ2v) is 7.66. The first-order valence-corrected chi connectivity index (χ1v) is 9.27. The fourth-order valence-electron chi connectivity index (χ4n) is 4.39. The largest absolute Gasteiger partial charge is 0.453 e. The zero-order valence-corrected chi connectivity index (χ0v) is 16.5. The molecule has 5 rings (SSSR count). The predicted octanol–water partition coefficient (Wildman–Crippen LogP) is 2.28. The number of anilines is 1. The van der Waals surface area contributed by atoms with E-state index >= 15 is 0 Å². The summed E-state index contributed by atoms with van der Waals surface area (Å²) in [5.74, 6) is -0.591. The molecule has 3 aromatic rings. The number of rotatable bonds is 2. The van der Waals surface area contributed by atoms with Crippen molar-refractivity contribution in [2.45, 2.75) is 30.8 Å². The standard InChI is InChI=1S/C19H17ClN4O4.ClH/c20-8-1-2-9-11(5-8)19(27)28-16(9)12-6-13(15(26)14(12)25)24-4-3-10-17(21)22-7-23-18(10)24;/h1-5,7,12-16,25-26H,6H2,(H2,21,22,23);1H/t12-,13+,14+,15-,16-;/m0./s1. The van der Waals surface area contributed by atoms with E-state index in [0.717, 1.165) is 0 Å². The number of benzene rings is 1. The quantitative estimate of drug-likeness (QED) is 0.526. The molecule has 0 unspecified atom stereocenters. The predicted molar refractivity (Wildman–Crippen MR) is 108 cm³/mol. The molecule has 1 aliphatic heterocycles. The maximum absolute atomic E-state index is 12.2. The highest BCUT2D eigenvalue weighted by atomic mass is 35.5. The molecular weight excluding hydrogens is 419 g/mol. The van der Waals surface area contributed by atoms with Crippen molar-refractivity contribution in [3.8, 4) is 0 Å². The number of carbonyl (C=O) groups is 1. The number of nitrogens with zero attached hydrogens (tertiary/aromatic N) is 3. The van der Waals surface area contributed by atoms with Gasteiger partial charge in [0.15, 0.2) is 0 Å². The highest BCUT2D eigenvalue weighted by molar-refractivity contribution is 6.31. The third-order valence-electron chi connectivity index (χ3n) is 5.76. The monoisotopic (exact) mass is 436 g/mol. The van der Waals surface area contributed by atoms with E-state index < -0.39 is 36.2 Å². The van der Waals surface area contributed by atoms with E-state index in [-0.39, 0.29) is 12.4 Å². The van der Waals surface area contributed by atoms with Gasteiger partial charge < -0.3 is 25.3 Å². The van der Waals surface area contributed by atoms with Crippen molar-refractivity contribution in [2.75, 3.05) is 5.73 Å². The summed E-state index contributed by atoms with van der Waals surface area (Å²) in [5.41, 5.74) is 7.55. The normalized spacial score (nSPS) is 28.2. The molecule has 0 saturated heterocycles. The molecule has 152 valence electrons. The van der Waals surface area contributed by atoms with Gasteiger partial charge in [-0.3, -0.25) is 0 Å². The molecule has 0 bridgehead atoms. The number of aliphatic hydroxyl groups excluding tert-OH is 2. The van der Waals surface area contributed by atoms with Crippen LogP contribution in [0.25, 0.3) is 11.0 Å². The lowest BCUT2D eigenvalue weighted by atomic mass is 9.91. The van der Waals surface area contributed by atoms with Crippen molar-refractivity contribution < 1.29 is 19.7 Å². The highest BCUT2D eigenvalue weighted by Crippen LogP contribution is 2.48. The molecule has 2 aliphatic rings. The highest BCUT2D eigenvalue weighted by Gasteiger charge is 2.50. The van der Waals surface area contributed by atoms with Crippen LogP contribution < -0.4 is 5.73 Å². The number of hydrogen-bond donors (Lipinski definition) is 3. The van der Waals surface area contributed by atoms with Crippen LogP contribution in [0.15, 0.2) is 36.8 Å². The van der Waals surface area contributed by atoms with E-state index in [1.165, 1.54) is 6.33 Å². The van der Waals surface area contributed by atoms with Crippen molar-refractivity contribution in [3.63, 3.8) is 0 Å². The zero-order valence-electron chi connectivity index (χ0n) is 15.0. The Bertz CT molecular complexity index is 1110. The number of aromatic nitrogens is 3. The Morgan fingerprint density at radius 3 is 2.79 bits per heavy atom. The molecule has 3 heterocycles. The van der Waals surface area contributed by atoms with Crippen molar-refractivity contribution in [1.82, 2.24) is 14.5 Å². The SMILES string of the molecule is Cl.Nc1ncnc2c1ccn2[C@@H]1C[C@H]([C@H]2OC(=O)c3cc(Cl)ccc32)[C@@H](O)[C@H]1O. The van der Waals surface area contributed by atoms with Crippen molar-refractivity contribution >= 4 is 46.8 Å². The molecule has 1 aliphatic carbocycles. The second-order valence-electron chi connectivity index (χ2n) is 7.22. The number of esters is 1. The van der Waals surface area contributed by atoms with Crippen LogP contribution in [0.1, 0.15) is 34.5 Å². The fourth-order valence-corrected chi connectivity index (χ4v) is 4.56. The number of hydrogen-bond acceptors (Lipinski definition) is 7. The topological polar surface area (TPSA) is 123 Å². The summed E-state index contributed by atoms with van der Waals surface area (Å²) in [5, 5.41) is 22.6. The molecule has 0 amide bonds. The Morgan fingerprint density at radius 2 is 2.00 bits per heavy atom. The molecule has 1 saturated carbocycles. The Kier molecular flexibility index (Phi) is 4.90. The Balaban J connectivity index is 0.00000205. The Labute approximate surface area is 176 Å². The van der Waals surface area contributed by atoms with Gasteiger partial charge in [0.1, 0.15) is 30.0 Å². The van der Waals surface area contributed by atoms with Crippen molar-refractivity contribution in [2.24, 2.45) is 5.92 Å². The molecule has 0 radical (unpaired) electrons. The fraction of sp³-hybridized carbons (Fsp3) is 0.316. The lowest BCUT2D eigenvalue weighted by Crippen LogP contribution is -2.31. The number of cyclic esters (lactones) is 1. The van der Waals surface area contributed by atoms with Crippen LogP contribution >= 0.6 is 24.0 Å². The van der Waals surface area contributed by atoms with Crippen molar-refractivity contribution in [1.29, 1.82) is 0 Å². The lowest BCUT2D eigenvalue weighted by molar-refractivity contribution is -0.0332. The maximum atomic E-state index is 12.2. The number of carbonyl (C=O) groups excluding carboxylic acids is 1. The molecule has 29 heavy (non-hydrogen) atoms. The van der Waals surface area contributed by atoms with E-state index in [1.54, 1.807) is 35.0 Å². The summed E-state index contributed by atoms with van der Waals surface area (Å²) >= 11 is 5.98. The first-order valence-electron chi connectivity index (χ1n) is 8.89. The smallest absolute Gasteiger partial charge is 0.339 e. The molecule has 10 heteroatoms. The molecule has 1 aromatic carbocycles. The van der Waals surface area contributed by atoms with Gasteiger partial charge in [-0.25, -0.2) is 14.8 Å². The number of nitrogens with two attached hydrogens (primary N) is 1. The summed E-state index contributed by atoms with van der Waals surface area (Å²) in [6, 6.07) is 6.32. The van der Waals surface area contributed by atoms with Gasteiger partial charge in [-0.2, -0.15) is 0 Å². The van der Waals surface area contributed by atoms with Gasteiger partial charge in [-0.15, -0.1) is 12.4 Å². The van der Waals surface area contributed by atoms with Crippen LogP contribution in [-0.4, -0.2) is 42.9 Å². The molecule has 4 N–H and O–H groups in total. The number of halogens is 2. The average molecular weight is 437 g/mol. The van der Waals surface area contributed by atoms with E-state index in [2.05, 4.69) is 9.97 Å². The van der Waals surface area contributed by atoms with E-state index in [9.17, 15) is 15.0 Å². The van der Waals surface area contributed by atoms with Gasteiger partial charge in [0.05, 0.1) is 23.1 Å². The molecule has 2 aromatic heterocycles. The van der Waals surface area contributed by atoms with Gasteiger partial charge >= 0.3 is 5.97 Å². The summed E-state index contributed by atoms with van der Waals surface area (Å²) in [7, 11) is 0. The van der Waals surface area contributed by atoms with Crippen LogP contribution in [0.3, 0.4) is 0 Å². The van der Waals surface area contributed by atoms with Gasteiger partial charge in [-0.1, -0.05) is 17.7 Å². The lowest BCUT2D eigenvalue weighted by Gasteiger charge is -2.22. The van der Waals surface area contributed by atoms with Crippen LogP contribution in [0, 0.1) is 5.92 Å². The van der Waals surface area contributed by atoms with E-state index in [4.69, 9.17) is 22.1 Å². The Morgan fingerprint density at radius 1 is 1.21 bits per heavy atom. The van der Waals surface area contributed by atoms with Gasteiger partial charge in [-0.05, 0) is 24.6 Å². The Hall–Kier alpha value is -2.39. The van der Waals surface area contributed by atoms with Crippen LogP contribution in [0.5, 0.6) is 0 Å². The summed E-state index contributed by atoms with van der Waals surface area (Å²) in [6.07, 6.45) is 0.773. The number of ether oxygens (including phenoxy) is 1. The molecule has 1 fully saturated rings. The average Bonchev–Trinajstić information content (AvgIpc) is 3.32. The maximum Gasteiger partial charge on any atom is 0.339 e. The first-order chi connectivity index (χ1) is 13.5. The minimum absolute atomic E-state index is 0. The summed E-state index contributed by atoms with van der Waals surface area (Å²) < 4.78 is 7.33. The van der Waals surface area contributed by atoms with Gasteiger partial charge in [0.2, 0.25) is 0 Å². The minimum atomic E-state index is -1.07. The second kappa shape index (κ2) is 7.14. The number of aliphatic hydroxyl groups is 2. The molecular formula is C19H18Cl2N4O4.